The van der Waals surface area contributed by atoms with Crippen molar-refractivity contribution in [3.63, 3.8) is 0 Å². The van der Waals surface area contributed by atoms with E-state index in [0.29, 0.717) is 5.69 Å². The number of thioether (sulfide) groups is 1. The molecule has 2 rings (SSSR count). The Kier molecular flexibility index (Phi) is 5.35. The third kappa shape index (κ3) is 4.44. The van der Waals surface area contributed by atoms with E-state index in [4.69, 9.17) is 11.6 Å². The second-order valence-electron chi connectivity index (χ2n) is 4.21. The average molecular weight is 341 g/mol. The van der Waals surface area contributed by atoms with Gasteiger partial charge in [0.1, 0.15) is 5.82 Å². The molecule has 0 unspecified atom stereocenters. The van der Waals surface area contributed by atoms with Crippen LogP contribution in [0.3, 0.4) is 0 Å². The van der Waals surface area contributed by atoms with Crippen LogP contribution in [0.15, 0.2) is 47.4 Å². The summed E-state index contributed by atoms with van der Waals surface area (Å²) < 4.78 is 12.8. The van der Waals surface area contributed by atoms with Gasteiger partial charge in [0.05, 0.1) is 21.4 Å². The molecular weight excluding hydrogens is 331 g/mol. The van der Waals surface area contributed by atoms with Gasteiger partial charge in [-0.25, -0.2) is 4.39 Å². The van der Waals surface area contributed by atoms with Crippen molar-refractivity contribution >= 4 is 40.6 Å². The Hall–Kier alpha value is -2.12. The van der Waals surface area contributed by atoms with Crippen LogP contribution in [0.25, 0.3) is 0 Å². The summed E-state index contributed by atoms with van der Waals surface area (Å²) in [5.74, 6) is -0.546. The van der Waals surface area contributed by atoms with E-state index >= 15 is 0 Å². The van der Waals surface area contributed by atoms with Crippen LogP contribution >= 0.6 is 23.4 Å². The van der Waals surface area contributed by atoms with Gasteiger partial charge >= 0.3 is 0 Å². The van der Waals surface area contributed by atoms with Gasteiger partial charge in [-0.3, -0.25) is 14.9 Å². The normalized spacial score (nSPS) is 10.3. The van der Waals surface area contributed by atoms with Crippen LogP contribution in [0, 0.1) is 15.9 Å². The number of nitro groups is 1. The predicted octanol–water partition coefficient (Wildman–Crippen LogP) is 4.12. The number of carbonyl (C=O) groups is 1. The van der Waals surface area contributed by atoms with Gasteiger partial charge in [-0.05, 0) is 30.3 Å². The highest BCUT2D eigenvalue weighted by atomic mass is 35.5. The quantitative estimate of drug-likeness (QED) is 0.505. The minimum atomic E-state index is -0.568. The molecular formula is C14H10ClFN2O3S. The van der Waals surface area contributed by atoms with Gasteiger partial charge in [0.25, 0.3) is 5.69 Å². The van der Waals surface area contributed by atoms with E-state index in [-0.39, 0.29) is 28.2 Å². The maximum absolute atomic E-state index is 12.8. The molecule has 0 atom stereocenters. The maximum Gasteiger partial charge on any atom is 0.271 e. The van der Waals surface area contributed by atoms with Crippen molar-refractivity contribution in [2.75, 3.05) is 11.1 Å². The molecule has 0 aromatic heterocycles. The van der Waals surface area contributed by atoms with Crippen molar-refractivity contribution in [1.29, 1.82) is 0 Å². The molecule has 0 aliphatic rings. The lowest BCUT2D eigenvalue weighted by Gasteiger charge is -2.07. The zero-order valence-electron chi connectivity index (χ0n) is 11.1. The Morgan fingerprint density at radius 2 is 1.95 bits per heavy atom. The Bertz CT molecular complexity index is 710. The van der Waals surface area contributed by atoms with E-state index in [9.17, 15) is 19.3 Å². The summed E-state index contributed by atoms with van der Waals surface area (Å²) in [6.45, 7) is 0. The van der Waals surface area contributed by atoms with Crippen LogP contribution in [-0.4, -0.2) is 16.6 Å². The third-order valence-corrected chi connectivity index (χ3v) is 3.95. The summed E-state index contributed by atoms with van der Waals surface area (Å²) in [4.78, 5) is 22.6. The number of non-ortho nitro benzene ring substituents is 1. The Morgan fingerprint density at radius 1 is 1.27 bits per heavy atom. The summed E-state index contributed by atoms with van der Waals surface area (Å²) in [5, 5.41) is 13.3. The number of nitrogens with one attached hydrogen (secondary N) is 1. The van der Waals surface area contributed by atoms with Crippen LogP contribution in [0.5, 0.6) is 0 Å². The van der Waals surface area contributed by atoms with E-state index in [1.807, 2.05) is 0 Å². The first-order chi connectivity index (χ1) is 10.5. The fourth-order valence-electron chi connectivity index (χ4n) is 1.58. The Balaban J connectivity index is 1.94. The van der Waals surface area contributed by atoms with Crippen molar-refractivity contribution in [1.82, 2.24) is 0 Å². The number of nitro benzene ring substituents is 1. The molecule has 0 aliphatic carbocycles. The summed E-state index contributed by atoms with van der Waals surface area (Å²) in [6.07, 6.45) is 0. The molecule has 1 N–H and O–H groups in total. The molecule has 114 valence electrons. The topological polar surface area (TPSA) is 72.2 Å². The highest BCUT2D eigenvalue weighted by Gasteiger charge is 2.11. The van der Waals surface area contributed by atoms with E-state index in [1.54, 1.807) is 12.1 Å². The molecule has 0 spiro atoms. The molecule has 0 aliphatic heterocycles. The van der Waals surface area contributed by atoms with Gasteiger partial charge in [0, 0.05) is 17.0 Å². The number of benzene rings is 2. The van der Waals surface area contributed by atoms with E-state index < -0.39 is 4.92 Å². The molecule has 2 aromatic carbocycles. The molecule has 2 aromatic rings. The first kappa shape index (κ1) is 16.3. The summed E-state index contributed by atoms with van der Waals surface area (Å²) in [7, 11) is 0. The van der Waals surface area contributed by atoms with Gasteiger partial charge in [-0.1, -0.05) is 11.6 Å². The number of rotatable bonds is 5. The van der Waals surface area contributed by atoms with E-state index in [0.717, 1.165) is 4.90 Å². The van der Waals surface area contributed by atoms with Gasteiger partial charge in [-0.2, -0.15) is 0 Å². The van der Waals surface area contributed by atoms with Crippen LogP contribution in [0.2, 0.25) is 5.02 Å². The largest absolute Gasteiger partial charge is 0.324 e. The minimum Gasteiger partial charge on any atom is -0.324 e. The highest BCUT2D eigenvalue weighted by Crippen LogP contribution is 2.27. The first-order valence-corrected chi connectivity index (χ1v) is 7.44. The standard InChI is InChI=1S/C14H10ClFN2O3S/c15-12-7-10(18(20)21)3-6-13(12)17-14(19)8-22-11-4-1-9(16)2-5-11/h1-7H,8H2,(H,17,19). The zero-order chi connectivity index (χ0) is 16.1. The lowest BCUT2D eigenvalue weighted by molar-refractivity contribution is -0.384. The van der Waals surface area contributed by atoms with Crippen molar-refractivity contribution in [2.45, 2.75) is 4.90 Å². The number of carbonyl (C=O) groups excluding carboxylic acids is 1. The lowest BCUT2D eigenvalue weighted by atomic mass is 10.3. The maximum atomic E-state index is 12.8. The fourth-order valence-corrected chi connectivity index (χ4v) is 2.51. The van der Waals surface area contributed by atoms with Crippen molar-refractivity contribution < 1.29 is 14.1 Å². The highest BCUT2D eigenvalue weighted by molar-refractivity contribution is 8.00. The molecule has 0 heterocycles. The SMILES string of the molecule is O=C(CSc1ccc(F)cc1)Nc1ccc([N+](=O)[O-])cc1Cl. The van der Waals surface area contributed by atoms with Crippen LogP contribution in [0.4, 0.5) is 15.8 Å². The molecule has 0 saturated carbocycles. The number of nitrogens with zero attached hydrogens (tertiary/aromatic N) is 1. The van der Waals surface area contributed by atoms with Gasteiger partial charge in [-0.15, -0.1) is 11.8 Å². The molecule has 5 nitrogen and oxygen atoms in total. The number of hydrogen-bond donors (Lipinski definition) is 1. The van der Waals surface area contributed by atoms with Gasteiger partial charge in [0.2, 0.25) is 5.91 Å². The molecule has 22 heavy (non-hydrogen) atoms. The van der Waals surface area contributed by atoms with Crippen LogP contribution in [-0.2, 0) is 4.79 Å². The van der Waals surface area contributed by atoms with Crippen molar-refractivity contribution in [3.8, 4) is 0 Å². The second-order valence-corrected chi connectivity index (χ2v) is 5.67. The summed E-state index contributed by atoms with van der Waals surface area (Å²) in [6, 6.07) is 9.58. The van der Waals surface area contributed by atoms with Crippen molar-refractivity contribution in [2.24, 2.45) is 0 Å². The molecule has 0 radical (unpaired) electrons. The monoisotopic (exact) mass is 340 g/mol. The second kappa shape index (κ2) is 7.24. The third-order valence-electron chi connectivity index (χ3n) is 2.62. The Morgan fingerprint density at radius 3 is 2.55 bits per heavy atom. The van der Waals surface area contributed by atoms with E-state index in [2.05, 4.69) is 5.32 Å². The predicted molar refractivity (Wildman–Crippen MR) is 83.9 cm³/mol. The first-order valence-electron chi connectivity index (χ1n) is 6.08. The van der Waals surface area contributed by atoms with Crippen LogP contribution < -0.4 is 5.32 Å². The summed E-state index contributed by atoms with van der Waals surface area (Å²) >= 11 is 7.12. The van der Waals surface area contributed by atoms with Crippen molar-refractivity contribution in [3.05, 3.63) is 63.4 Å². The Labute approximate surface area is 134 Å². The van der Waals surface area contributed by atoms with Gasteiger partial charge in [0.15, 0.2) is 0 Å². The van der Waals surface area contributed by atoms with E-state index in [1.165, 1.54) is 42.1 Å². The smallest absolute Gasteiger partial charge is 0.271 e. The number of hydrogen-bond acceptors (Lipinski definition) is 4. The van der Waals surface area contributed by atoms with Crippen LogP contribution in [0.1, 0.15) is 0 Å². The molecule has 0 fully saturated rings. The fraction of sp³-hybridized carbons (Fsp3) is 0.0714. The lowest BCUT2D eigenvalue weighted by Crippen LogP contribution is -2.14. The van der Waals surface area contributed by atoms with Gasteiger partial charge < -0.3 is 5.32 Å². The molecule has 8 heteroatoms. The number of amides is 1. The zero-order valence-corrected chi connectivity index (χ0v) is 12.7. The summed E-state index contributed by atoms with van der Waals surface area (Å²) in [5.41, 5.74) is 0.153. The molecule has 0 bridgehead atoms. The average Bonchev–Trinajstić information content (AvgIpc) is 2.48. The minimum absolute atomic E-state index is 0.0920. The molecule has 0 saturated heterocycles. The number of halogens is 2. The molecule has 1 amide bonds. The number of anilines is 1.